The molecule has 0 atom stereocenters. The fourth-order valence-electron chi connectivity index (χ4n) is 1.78. The van der Waals surface area contributed by atoms with Crippen LogP contribution < -0.4 is 5.73 Å². The van der Waals surface area contributed by atoms with Gasteiger partial charge in [-0.2, -0.15) is 13.2 Å². The second kappa shape index (κ2) is 4.44. The maximum absolute atomic E-state index is 12.7. The van der Waals surface area contributed by atoms with Crippen molar-refractivity contribution >= 4 is 38.6 Å². The van der Waals surface area contributed by atoms with Gasteiger partial charge in [0.05, 0.1) is 12.7 Å². The number of alkyl halides is 3. The number of anilines is 1. The van der Waals surface area contributed by atoms with Crippen molar-refractivity contribution in [1.29, 1.82) is 0 Å². The Hall–Kier alpha value is -1.70. The van der Waals surface area contributed by atoms with Gasteiger partial charge in [-0.05, 0) is 12.1 Å². The van der Waals surface area contributed by atoms with E-state index in [0.29, 0.717) is 0 Å². The van der Waals surface area contributed by atoms with Crippen molar-refractivity contribution in [2.45, 2.75) is 6.18 Å². The number of fused-ring (bicyclic) bond motifs is 1. The van der Waals surface area contributed by atoms with Gasteiger partial charge in [0, 0.05) is 15.4 Å². The van der Waals surface area contributed by atoms with E-state index in [4.69, 9.17) is 5.73 Å². The number of esters is 1. The number of benzene rings is 1. The summed E-state index contributed by atoms with van der Waals surface area (Å²) < 4.78 is 42.7. The van der Waals surface area contributed by atoms with Crippen LogP contribution in [0.1, 0.15) is 15.9 Å². The minimum Gasteiger partial charge on any atom is -0.465 e. The number of halogens is 4. The Bertz CT molecular complexity index is 664. The van der Waals surface area contributed by atoms with Gasteiger partial charge in [-0.1, -0.05) is 15.9 Å². The van der Waals surface area contributed by atoms with E-state index in [1.54, 1.807) is 0 Å². The number of methoxy groups -OCH3 is 1. The average molecular weight is 337 g/mol. The lowest BCUT2D eigenvalue weighted by Gasteiger charge is -2.08. The topological polar surface area (TPSA) is 68.1 Å². The normalized spacial score (nSPS) is 11.8. The summed E-state index contributed by atoms with van der Waals surface area (Å²) in [6, 6.07) is 1.78. The van der Waals surface area contributed by atoms with Crippen LogP contribution in [0.25, 0.3) is 10.9 Å². The molecule has 0 unspecified atom stereocenters. The summed E-state index contributed by atoms with van der Waals surface area (Å²) in [5, 5.41) is 0.261. The van der Waals surface area contributed by atoms with Crippen molar-refractivity contribution in [2.24, 2.45) is 0 Å². The molecule has 0 amide bonds. The van der Waals surface area contributed by atoms with E-state index in [1.807, 2.05) is 0 Å². The number of carbonyl (C=O) groups excluding carboxylic acids is 1. The first-order chi connectivity index (χ1) is 8.75. The highest BCUT2D eigenvalue weighted by Gasteiger charge is 2.32. The van der Waals surface area contributed by atoms with Crippen LogP contribution in [0.2, 0.25) is 0 Å². The monoisotopic (exact) mass is 336 g/mol. The van der Waals surface area contributed by atoms with E-state index in [-0.39, 0.29) is 26.8 Å². The number of nitrogen functional groups attached to an aromatic ring is 1. The lowest BCUT2D eigenvalue weighted by Crippen LogP contribution is -2.05. The van der Waals surface area contributed by atoms with Crippen molar-refractivity contribution in [1.82, 2.24) is 4.98 Å². The third-order valence-electron chi connectivity index (χ3n) is 2.60. The van der Waals surface area contributed by atoms with Gasteiger partial charge >= 0.3 is 12.1 Å². The molecule has 1 aromatic carbocycles. The predicted octanol–water partition coefficient (Wildman–Crippen LogP) is 3.32. The zero-order chi connectivity index (χ0) is 14.4. The van der Waals surface area contributed by atoms with Crippen molar-refractivity contribution in [3.8, 4) is 0 Å². The molecule has 8 heteroatoms. The Kier molecular flexibility index (Phi) is 3.21. The van der Waals surface area contributed by atoms with Crippen LogP contribution >= 0.6 is 15.9 Å². The van der Waals surface area contributed by atoms with E-state index in [2.05, 4.69) is 25.7 Å². The Morgan fingerprint density at radius 2 is 2.05 bits per heavy atom. The first kappa shape index (κ1) is 13.7. The molecule has 19 heavy (non-hydrogen) atoms. The second-order valence-electron chi connectivity index (χ2n) is 3.78. The molecule has 0 fully saturated rings. The number of H-pyrrole nitrogens is 1. The average Bonchev–Trinajstić information content (AvgIpc) is 2.63. The van der Waals surface area contributed by atoms with Gasteiger partial charge in [0.15, 0.2) is 0 Å². The minimum atomic E-state index is -4.48. The molecule has 0 aliphatic heterocycles. The van der Waals surface area contributed by atoms with Gasteiger partial charge < -0.3 is 15.5 Å². The number of hydrogen-bond donors (Lipinski definition) is 2. The number of rotatable bonds is 1. The SMILES string of the molecule is COC(=O)c1c(N)[nH]c2cc(C(F)(F)F)cc(Br)c12. The molecular weight excluding hydrogens is 329 g/mol. The van der Waals surface area contributed by atoms with Gasteiger partial charge in [0.25, 0.3) is 0 Å². The standard InChI is InChI=1S/C11H8BrF3N2O2/c1-19-10(18)8-7-5(12)2-4(11(13,14)15)3-6(7)17-9(8)16/h2-3,17H,16H2,1H3. The summed E-state index contributed by atoms with van der Waals surface area (Å²) in [6.45, 7) is 0. The summed E-state index contributed by atoms with van der Waals surface area (Å²) in [4.78, 5) is 14.1. The molecular formula is C11H8BrF3N2O2. The van der Waals surface area contributed by atoms with E-state index in [9.17, 15) is 18.0 Å². The lowest BCUT2D eigenvalue weighted by molar-refractivity contribution is -0.137. The van der Waals surface area contributed by atoms with Crippen LogP contribution in [-0.2, 0) is 10.9 Å². The largest absolute Gasteiger partial charge is 0.465 e. The number of aromatic amines is 1. The summed E-state index contributed by atoms with van der Waals surface area (Å²) >= 11 is 3.02. The molecule has 0 saturated carbocycles. The predicted molar refractivity (Wildman–Crippen MR) is 66.8 cm³/mol. The number of nitrogens with two attached hydrogens (primary N) is 1. The third-order valence-corrected chi connectivity index (χ3v) is 3.22. The summed E-state index contributed by atoms with van der Waals surface area (Å²) in [7, 11) is 1.17. The zero-order valence-corrected chi connectivity index (χ0v) is 11.1. The van der Waals surface area contributed by atoms with E-state index < -0.39 is 17.7 Å². The van der Waals surface area contributed by atoms with E-state index >= 15 is 0 Å². The van der Waals surface area contributed by atoms with Crippen molar-refractivity contribution in [2.75, 3.05) is 12.8 Å². The summed E-state index contributed by atoms with van der Waals surface area (Å²) in [5.74, 6) is -0.758. The van der Waals surface area contributed by atoms with Gasteiger partial charge in [-0.25, -0.2) is 4.79 Å². The highest BCUT2D eigenvalue weighted by Crippen LogP contribution is 2.38. The molecule has 0 spiro atoms. The number of carbonyl (C=O) groups is 1. The van der Waals surface area contributed by atoms with Crippen molar-refractivity contribution < 1.29 is 22.7 Å². The fourth-order valence-corrected chi connectivity index (χ4v) is 2.44. The molecule has 2 rings (SSSR count). The Morgan fingerprint density at radius 3 is 2.58 bits per heavy atom. The molecule has 1 aromatic heterocycles. The molecule has 0 bridgehead atoms. The fraction of sp³-hybridized carbons (Fsp3) is 0.182. The minimum absolute atomic E-state index is 0.0121. The van der Waals surface area contributed by atoms with Gasteiger partial charge in [-0.15, -0.1) is 0 Å². The lowest BCUT2D eigenvalue weighted by atomic mass is 10.1. The molecule has 1 heterocycles. The smallest absolute Gasteiger partial charge is 0.416 e. The first-order valence-electron chi connectivity index (χ1n) is 5.02. The zero-order valence-electron chi connectivity index (χ0n) is 9.56. The number of hydrogen-bond acceptors (Lipinski definition) is 3. The van der Waals surface area contributed by atoms with Crippen molar-refractivity contribution in [3.63, 3.8) is 0 Å². The van der Waals surface area contributed by atoms with E-state index in [1.165, 1.54) is 7.11 Å². The highest BCUT2D eigenvalue weighted by atomic mass is 79.9. The maximum Gasteiger partial charge on any atom is 0.416 e. The van der Waals surface area contributed by atoms with Crippen LogP contribution in [0.15, 0.2) is 16.6 Å². The molecule has 2 aromatic rings. The van der Waals surface area contributed by atoms with Crippen LogP contribution in [-0.4, -0.2) is 18.1 Å². The molecule has 3 N–H and O–H groups in total. The Morgan fingerprint density at radius 1 is 1.42 bits per heavy atom. The molecule has 4 nitrogen and oxygen atoms in total. The highest BCUT2D eigenvalue weighted by molar-refractivity contribution is 9.10. The Balaban J connectivity index is 2.77. The molecule has 0 radical (unpaired) electrons. The third kappa shape index (κ3) is 2.27. The van der Waals surface area contributed by atoms with Gasteiger partial charge in [0.1, 0.15) is 11.4 Å². The van der Waals surface area contributed by atoms with Crippen LogP contribution in [0.5, 0.6) is 0 Å². The quantitative estimate of drug-likeness (QED) is 0.785. The summed E-state index contributed by atoms with van der Waals surface area (Å²) in [5.41, 5.74) is 4.88. The van der Waals surface area contributed by atoms with Crippen LogP contribution in [0, 0.1) is 0 Å². The van der Waals surface area contributed by atoms with Crippen LogP contribution in [0.3, 0.4) is 0 Å². The molecule has 0 aliphatic carbocycles. The van der Waals surface area contributed by atoms with Gasteiger partial charge in [-0.3, -0.25) is 0 Å². The second-order valence-corrected chi connectivity index (χ2v) is 4.64. The van der Waals surface area contributed by atoms with Crippen LogP contribution in [0.4, 0.5) is 19.0 Å². The number of nitrogens with one attached hydrogen (secondary N) is 1. The van der Waals surface area contributed by atoms with Crippen molar-refractivity contribution in [3.05, 3.63) is 27.7 Å². The molecule has 0 saturated heterocycles. The molecule has 0 aliphatic rings. The Labute approximate surface area is 113 Å². The maximum atomic E-state index is 12.7. The van der Waals surface area contributed by atoms with E-state index in [0.717, 1.165) is 12.1 Å². The molecule has 102 valence electrons. The number of ether oxygens (including phenoxy) is 1. The number of aromatic nitrogens is 1. The summed E-state index contributed by atoms with van der Waals surface area (Å²) in [6.07, 6.45) is -4.48. The van der Waals surface area contributed by atoms with Gasteiger partial charge in [0.2, 0.25) is 0 Å². The first-order valence-corrected chi connectivity index (χ1v) is 5.81.